The van der Waals surface area contributed by atoms with Gasteiger partial charge in [-0.1, -0.05) is 69.4 Å². The number of unbranched alkanes of at least 4 members (excludes halogenated alkanes) is 4. The highest BCUT2D eigenvalue weighted by molar-refractivity contribution is 5.69. The fraction of sp³-hybridized carbons (Fsp3) is 0.588. The predicted molar refractivity (Wildman–Crippen MR) is 79.3 cm³/mol. The Morgan fingerprint density at radius 2 is 1.74 bits per heavy atom. The van der Waals surface area contributed by atoms with Crippen LogP contribution >= 0.6 is 0 Å². The van der Waals surface area contributed by atoms with Crippen LogP contribution in [0.25, 0.3) is 0 Å². The number of carboxylic acids is 1. The van der Waals surface area contributed by atoms with E-state index in [4.69, 9.17) is 0 Å². The van der Waals surface area contributed by atoms with Crippen LogP contribution in [0.4, 0.5) is 0 Å². The van der Waals surface area contributed by atoms with E-state index >= 15 is 0 Å². The maximum Gasteiger partial charge on any atom is 0.306 e. The van der Waals surface area contributed by atoms with Gasteiger partial charge in [-0.05, 0) is 24.8 Å². The van der Waals surface area contributed by atoms with E-state index in [0.29, 0.717) is 0 Å². The Morgan fingerprint density at radius 1 is 1.05 bits per heavy atom. The minimum Gasteiger partial charge on any atom is -0.481 e. The third-order valence-electron chi connectivity index (χ3n) is 3.63. The zero-order chi connectivity index (χ0) is 13.9. The topological polar surface area (TPSA) is 37.3 Å². The van der Waals surface area contributed by atoms with E-state index < -0.39 is 5.97 Å². The second-order valence-corrected chi connectivity index (χ2v) is 5.26. The first-order valence-corrected chi connectivity index (χ1v) is 7.50. The molecule has 1 aromatic rings. The van der Waals surface area contributed by atoms with Gasteiger partial charge >= 0.3 is 5.97 Å². The molecule has 1 aromatic carbocycles. The molecule has 0 saturated heterocycles. The first kappa shape index (κ1) is 15.7. The number of aliphatic carboxylic acids is 1. The highest BCUT2D eigenvalue weighted by atomic mass is 16.4. The lowest BCUT2D eigenvalue weighted by Gasteiger charge is -2.12. The van der Waals surface area contributed by atoms with Crippen LogP contribution in [-0.2, 0) is 11.2 Å². The Balaban J connectivity index is 2.26. The molecule has 0 aliphatic carbocycles. The van der Waals surface area contributed by atoms with Gasteiger partial charge in [-0.15, -0.1) is 0 Å². The molecule has 0 aromatic heterocycles. The van der Waals surface area contributed by atoms with E-state index in [-0.39, 0.29) is 5.92 Å². The standard InChI is InChI=1S/C17H26O2/c1-2-3-4-5-9-12-16(17(18)19)14-13-15-10-7-6-8-11-15/h6-8,10-11,16H,2-5,9,12-14H2,1H3,(H,18,19). The Labute approximate surface area is 116 Å². The molecule has 1 unspecified atom stereocenters. The van der Waals surface area contributed by atoms with Crippen molar-refractivity contribution >= 4 is 5.97 Å². The summed E-state index contributed by atoms with van der Waals surface area (Å²) in [5.74, 6) is -0.812. The van der Waals surface area contributed by atoms with Gasteiger partial charge in [-0.2, -0.15) is 0 Å². The normalized spacial score (nSPS) is 12.3. The second-order valence-electron chi connectivity index (χ2n) is 5.26. The van der Waals surface area contributed by atoms with E-state index in [2.05, 4.69) is 19.1 Å². The molecule has 0 aliphatic heterocycles. The van der Waals surface area contributed by atoms with Crippen molar-refractivity contribution in [3.63, 3.8) is 0 Å². The summed E-state index contributed by atoms with van der Waals surface area (Å²) in [6.07, 6.45) is 8.40. The summed E-state index contributed by atoms with van der Waals surface area (Å²) < 4.78 is 0. The molecule has 1 atom stereocenters. The van der Waals surface area contributed by atoms with Gasteiger partial charge in [0.15, 0.2) is 0 Å². The van der Waals surface area contributed by atoms with E-state index in [0.717, 1.165) is 25.7 Å². The van der Waals surface area contributed by atoms with Gasteiger partial charge in [0.1, 0.15) is 0 Å². The van der Waals surface area contributed by atoms with E-state index in [1.807, 2.05) is 18.2 Å². The lowest BCUT2D eigenvalue weighted by Crippen LogP contribution is -2.14. The van der Waals surface area contributed by atoms with Gasteiger partial charge in [0, 0.05) is 0 Å². The first-order valence-electron chi connectivity index (χ1n) is 7.50. The maximum atomic E-state index is 11.2. The van der Waals surface area contributed by atoms with Gasteiger partial charge < -0.3 is 5.11 Å². The molecule has 0 spiro atoms. The number of rotatable bonds is 10. The van der Waals surface area contributed by atoms with Gasteiger partial charge in [0.2, 0.25) is 0 Å². The van der Waals surface area contributed by atoms with E-state index in [1.54, 1.807) is 0 Å². The molecule has 0 radical (unpaired) electrons. The Kier molecular flexibility index (Phi) is 7.95. The summed E-state index contributed by atoms with van der Waals surface area (Å²) >= 11 is 0. The Hall–Kier alpha value is -1.31. The van der Waals surface area contributed by atoms with Gasteiger partial charge in [-0.25, -0.2) is 0 Å². The van der Waals surface area contributed by atoms with Crippen molar-refractivity contribution in [2.75, 3.05) is 0 Å². The first-order chi connectivity index (χ1) is 9.24. The summed E-state index contributed by atoms with van der Waals surface area (Å²) in [6.45, 7) is 2.19. The molecule has 0 bridgehead atoms. The largest absolute Gasteiger partial charge is 0.481 e. The number of aryl methyl sites for hydroxylation is 1. The second kappa shape index (κ2) is 9.60. The number of carboxylic acid groups (broad SMARTS) is 1. The molecule has 0 heterocycles. The summed E-state index contributed by atoms with van der Waals surface area (Å²) in [5.41, 5.74) is 1.24. The summed E-state index contributed by atoms with van der Waals surface area (Å²) in [6, 6.07) is 10.2. The number of hydrogen-bond donors (Lipinski definition) is 1. The van der Waals surface area contributed by atoms with Crippen LogP contribution in [-0.4, -0.2) is 11.1 Å². The lowest BCUT2D eigenvalue weighted by atomic mass is 9.94. The van der Waals surface area contributed by atoms with Crippen molar-refractivity contribution in [3.8, 4) is 0 Å². The average Bonchev–Trinajstić information content (AvgIpc) is 2.42. The Bertz CT molecular complexity index is 346. The van der Waals surface area contributed by atoms with Crippen molar-refractivity contribution in [2.45, 2.75) is 58.3 Å². The molecular weight excluding hydrogens is 236 g/mol. The van der Waals surface area contributed by atoms with Crippen molar-refractivity contribution in [1.82, 2.24) is 0 Å². The molecule has 0 aliphatic rings. The molecule has 1 N–H and O–H groups in total. The number of benzene rings is 1. The third-order valence-corrected chi connectivity index (χ3v) is 3.63. The fourth-order valence-electron chi connectivity index (χ4n) is 2.37. The highest BCUT2D eigenvalue weighted by Crippen LogP contribution is 2.18. The van der Waals surface area contributed by atoms with Crippen molar-refractivity contribution < 1.29 is 9.90 Å². The fourth-order valence-corrected chi connectivity index (χ4v) is 2.37. The minimum absolute atomic E-state index is 0.179. The van der Waals surface area contributed by atoms with Gasteiger partial charge in [-0.3, -0.25) is 4.79 Å². The SMILES string of the molecule is CCCCCCCC(CCc1ccccc1)C(=O)O. The van der Waals surface area contributed by atoms with Crippen LogP contribution in [0.3, 0.4) is 0 Å². The summed E-state index contributed by atoms with van der Waals surface area (Å²) in [4.78, 5) is 11.2. The zero-order valence-corrected chi connectivity index (χ0v) is 12.0. The van der Waals surface area contributed by atoms with Gasteiger partial charge in [0.25, 0.3) is 0 Å². The molecule has 19 heavy (non-hydrogen) atoms. The molecule has 0 saturated carbocycles. The molecular formula is C17H26O2. The lowest BCUT2D eigenvalue weighted by molar-refractivity contribution is -0.142. The summed E-state index contributed by atoms with van der Waals surface area (Å²) in [5, 5.41) is 9.25. The minimum atomic E-state index is -0.633. The smallest absolute Gasteiger partial charge is 0.306 e. The number of carbonyl (C=O) groups is 1. The van der Waals surface area contributed by atoms with Crippen LogP contribution < -0.4 is 0 Å². The van der Waals surface area contributed by atoms with E-state index in [9.17, 15) is 9.90 Å². The Morgan fingerprint density at radius 3 is 2.37 bits per heavy atom. The molecule has 1 rings (SSSR count). The van der Waals surface area contributed by atoms with E-state index in [1.165, 1.54) is 31.2 Å². The van der Waals surface area contributed by atoms with Crippen LogP contribution in [0.15, 0.2) is 30.3 Å². The quantitative estimate of drug-likeness (QED) is 0.622. The van der Waals surface area contributed by atoms with Crippen LogP contribution in [0.1, 0.15) is 57.4 Å². The van der Waals surface area contributed by atoms with Crippen molar-refractivity contribution in [3.05, 3.63) is 35.9 Å². The van der Waals surface area contributed by atoms with Crippen molar-refractivity contribution in [1.29, 1.82) is 0 Å². The third kappa shape index (κ3) is 7.00. The molecule has 2 heteroatoms. The zero-order valence-electron chi connectivity index (χ0n) is 12.0. The van der Waals surface area contributed by atoms with Crippen LogP contribution in [0.5, 0.6) is 0 Å². The maximum absolute atomic E-state index is 11.2. The van der Waals surface area contributed by atoms with Crippen LogP contribution in [0, 0.1) is 5.92 Å². The predicted octanol–water partition coefficient (Wildman–Crippen LogP) is 4.68. The number of hydrogen-bond acceptors (Lipinski definition) is 1. The van der Waals surface area contributed by atoms with Gasteiger partial charge in [0.05, 0.1) is 5.92 Å². The van der Waals surface area contributed by atoms with Crippen LogP contribution in [0.2, 0.25) is 0 Å². The highest BCUT2D eigenvalue weighted by Gasteiger charge is 2.16. The average molecular weight is 262 g/mol. The molecule has 106 valence electrons. The molecule has 2 nitrogen and oxygen atoms in total. The molecule has 0 fully saturated rings. The summed E-state index contributed by atoms with van der Waals surface area (Å²) in [7, 11) is 0. The molecule has 0 amide bonds. The van der Waals surface area contributed by atoms with Crippen molar-refractivity contribution in [2.24, 2.45) is 5.92 Å². The monoisotopic (exact) mass is 262 g/mol.